The van der Waals surface area contributed by atoms with Crippen molar-refractivity contribution in [3.05, 3.63) is 0 Å². The van der Waals surface area contributed by atoms with Gasteiger partial charge in [-0.25, -0.2) is 13.1 Å². The molecule has 2 aliphatic carbocycles. The van der Waals surface area contributed by atoms with Gasteiger partial charge in [-0.2, -0.15) is 0 Å². The van der Waals surface area contributed by atoms with Gasteiger partial charge in [0.1, 0.15) is 6.04 Å². The zero-order chi connectivity index (χ0) is 27.3. The maximum absolute atomic E-state index is 13.6. The molecule has 2 amide bonds. The molecule has 0 aromatic rings. The predicted octanol–water partition coefficient (Wildman–Crippen LogP) is 2.62. The van der Waals surface area contributed by atoms with E-state index in [1.807, 2.05) is 25.7 Å². The van der Waals surface area contributed by atoms with Gasteiger partial charge in [-0.15, -0.1) is 0 Å². The van der Waals surface area contributed by atoms with Crippen LogP contribution in [0.5, 0.6) is 0 Å². The molecule has 0 aromatic carbocycles. The summed E-state index contributed by atoms with van der Waals surface area (Å²) in [4.78, 5) is 29.0. The summed E-state index contributed by atoms with van der Waals surface area (Å²) >= 11 is 0. The monoisotopic (exact) mass is 553 g/mol. The van der Waals surface area contributed by atoms with Gasteiger partial charge < -0.3 is 10.2 Å². The van der Waals surface area contributed by atoms with Gasteiger partial charge >= 0.3 is 0 Å². The van der Waals surface area contributed by atoms with E-state index in [-0.39, 0.29) is 42.2 Å². The zero-order valence-corrected chi connectivity index (χ0v) is 24.5. The van der Waals surface area contributed by atoms with Crippen LogP contribution in [0.15, 0.2) is 0 Å². The van der Waals surface area contributed by atoms with E-state index < -0.39 is 22.0 Å². The quantitative estimate of drug-likeness (QED) is 0.312. The third kappa shape index (κ3) is 7.92. The van der Waals surface area contributed by atoms with Crippen LogP contribution < -0.4 is 20.7 Å². The minimum atomic E-state index is -3.71. The van der Waals surface area contributed by atoms with Crippen LogP contribution in [-0.2, 0) is 19.6 Å². The first kappa shape index (κ1) is 29.7. The summed E-state index contributed by atoms with van der Waals surface area (Å²) in [5, 5.41) is 10.2. The van der Waals surface area contributed by atoms with E-state index in [1.165, 1.54) is 32.1 Å². The molecule has 4 aliphatic rings. The Morgan fingerprint density at radius 1 is 0.895 bits per heavy atom. The number of hydrogen-bond acceptors (Lipinski definition) is 6. The first-order valence-corrected chi connectivity index (χ1v) is 16.9. The smallest absolute Gasteiger partial charge is 0.239 e. The zero-order valence-electron chi connectivity index (χ0n) is 23.7. The van der Waals surface area contributed by atoms with Crippen molar-refractivity contribution in [2.75, 3.05) is 12.3 Å². The number of likely N-dealkylation sites (tertiary alicyclic amines) is 1. The summed E-state index contributed by atoms with van der Waals surface area (Å²) < 4.78 is 28.5. The molecule has 2 aliphatic heterocycles. The first-order chi connectivity index (χ1) is 18.1. The van der Waals surface area contributed by atoms with Gasteiger partial charge in [-0.3, -0.25) is 20.2 Å². The Morgan fingerprint density at radius 2 is 1.53 bits per heavy atom. The summed E-state index contributed by atoms with van der Waals surface area (Å²) in [5.74, 6) is 0.158. The van der Waals surface area contributed by atoms with Crippen LogP contribution in [0.3, 0.4) is 0 Å². The molecule has 0 radical (unpaired) electrons. The maximum Gasteiger partial charge on any atom is 0.239 e. The van der Waals surface area contributed by atoms with Gasteiger partial charge in [-0.1, -0.05) is 46.0 Å². The number of fused-ring (bicyclic) bond motifs is 1. The number of nitrogens with zero attached hydrogens (tertiary/aromatic N) is 1. The summed E-state index contributed by atoms with van der Waals surface area (Å²) in [6.45, 7) is 6.58. The largest absolute Gasteiger partial charge is 0.349 e. The van der Waals surface area contributed by atoms with E-state index in [1.54, 1.807) is 0 Å². The number of nitrogens with one attached hydrogen (secondary N) is 4. The predicted molar refractivity (Wildman–Crippen MR) is 150 cm³/mol. The molecule has 2 saturated carbocycles. The lowest BCUT2D eigenvalue weighted by atomic mass is 9.83. The van der Waals surface area contributed by atoms with Crippen molar-refractivity contribution in [3.63, 3.8) is 0 Å². The standard InChI is InChI=1S/C28H51N5O4S/c1-19(2)15-17-38(36,37)32-24(18-26(34)33-16-9-14-25(33)21-10-5-4-6-11-21)28(35)29-20(3)27-30-22-12-7-8-13-23(22)31-27/h19-25,27,30-32H,4-18H2,1-3H3,(H,29,35)/t20-,22?,23?,24+,25-,27?/m1/s1. The van der Waals surface area contributed by atoms with Gasteiger partial charge in [-0.05, 0) is 63.7 Å². The van der Waals surface area contributed by atoms with Gasteiger partial charge in [0.25, 0.3) is 0 Å². The van der Waals surface area contributed by atoms with Crippen molar-refractivity contribution < 1.29 is 18.0 Å². The average molecular weight is 554 g/mol. The molecule has 4 fully saturated rings. The highest BCUT2D eigenvalue weighted by Gasteiger charge is 2.40. The van der Waals surface area contributed by atoms with Gasteiger partial charge in [0.2, 0.25) is 21.8 Å². The summed E-state index contributed by atoms with van der Waals surface area (Å²) in [7, 11) is -3.71. The molecule has 0 bridgehead atoms. The van der Waals surface area contributed by atoms with Crippen molar-refractivity contribution in [3.8, 4) is 0 Å². The minimum absolute atomic E-state index is 0.0539. The molecule has 5 atom stereocenters. The van der Waals surface area contributed by atoms with Crippen molar-refractivity contribution in [1.29, 1.82) is 0 Å². The molecule has 38 heavy (non-hydrogen) atoms. The topological polar surface area (TPSA) is 120 Å². The first-order valence-electron chi connectivity index (χ1n) is 15.2. The lowest BCUT2D eigenvalue weighted by molar-refractivity contribution is -0.136. The Morgan fingerprint density at radius 3 is 2.16 bits per heavy atom. The average Bonchev–Trinajstić information content (AvgIpc) is 3.55. The van der Waals surface area contributed by atoms with E-state index in [4.69, 9.17) is 0 Å². The Kier molecular flexibility index (Phi) is 10.5. The second-order valence-electron chi connectivity index (χ2n) is 12.7. The Hall–Kier alpha value is -1.23. The van der Waals surface area contributed by atoms with E-state index >= 15 is 0 Å². The van der Waals surface area contributed by atoms with E-state index in [0.29, 0.717) is 31.0 Å². The van der Waals surface area contributed by atoms with Crippen molar-refractivity contribution in [1.82, 2.24) is 25.6 Å². The van der Waals surface area contributed by atoms with Crippen LogP contribution in [0.2, 0.25) is 0 Å². The van der Waals surface area contributed by atoms with Crippen LogP contribution in [0, 0.1) is 11.8 Å². The van der Waals surface area contributed by atoms with E-state index in [0.717, 1.165) is 38.5 Å². The highest BCUT2D eigenvalue weighted by Crippen LogP contribution is 2.34. The fraction of sp³-hybridized carbons (Fsp3) is 0.929. The van der Waals surface area contributed by atoms with Gasteiger partial charge in [0.15, 0.2) is 0 Å². The minimum Gasteiger partial charge on any atom is -0.349 e. The molecule has 9 nitrogen and oxygen atoms in total. The highest BCUT2D eigenvalue weighted by molar-refractivity contribution is 7.89. The van der Waals surface area contributed by atoms with Crippen molar-refractivity contribution in [2.24, 2.45) is 11.8 Å². The number of amides is 2. The summed E-state index contributed by atoms with van der Waals surface area (Å²) in [6.07, 6.45) is 12.9. The van der Waals surface area contributed by atoms with Crippen LogP contribution in [-0.4, -0.2) is 73.8 Å². The molecule has 0 spiro atoms. The number of rotatable bonds is 11. The Bertz CT molecular complexity index is 893. The van der Waals surface area contributed by atoms with Crippen LogP contribution >= 0.6 is 0 Å². The highest BCUT2D eigenvalue weighted by atomic mass is 32.2. The molecule has 0 aromatic heterocycles. The van der Waals surface area contributed by atoms with Crippen molar-refractivity contribution >= 4 is 21.8 Å². The Balaban J connectivity index is 1.42. The third-order valence-corrected chi connectivity index (χ3v) is 10.6. The number of hydrogen-bond donors (Lipinski definition) is 4. The molecular weight excluding hydrogens is 502 g/mol. The van der Waals surface area contributed by atoms with Crippen molar-refractivity contribution in [2.45, 2.75) is 141 Å². The SMILES string of the molecule is CC(C)CCS(=O)(=O)N[C@@H](CC(=O)N1CCC[C@@H]1C1CCCCC1)C(=O)N[C@H](C)C1NC2CCCCC2N1. The lowest BCUT2D eigenvalue weighted by Gasteiger charge is -2.35. The molecule has 2 saturated heterocycles. The number of carbonyl (C=O) groups is 2. The normalized spacial score (nSPS) is 30.3. The summed E-state index contributed by atoms with van der Waals surface area (Å²) in [6, 6.07) is -0.317. The van der Waals surface area contributed by atoms with E-state index in [2.05, 4.69) is 20.7 Å². The lowest BCUT2D eigenvalue weighted by Crippen LogP contribution is -2.57. The molecule has 2 unspecified atom stereocenters. The van der Waals surface area contributed by atoms with Gasteiger partial charge in [0.05, 0.1) is 24.4 Å². The number of sulfonamides is 1. The third-order valence-electron chi connectivity index (χ3n) is 9.22. The maximum atomic E-state index is 13.6. The summed E-state index contributed by atoms with van der Waals surface area (Å²) in [5.41, 5.74) is 0. The number of carbonyl (C=O) groups excluding carboxylic acids is 2. The Labute approximate surface area is 230 Å². The second kappa shape index (κ2) is 13.4. The molecule has 10 heteroatoms. The van der Waals surface area contributed by atoms with Crippen LogP contribution in [0.4, 0.5) is 0 Å². The van der Waals surface area contributed by atoms with Crippen LogP contribution in [0.1, 0.15) is 104 Å². The molecule has 4 rings (SSSR count). The fourth-order valence-electron chi connectivity index (χ4n) is 6.99. The molecule has 218 valence electrons. The molecule has 2 heterocycles. The second-order valence-corrected chi connectivity index (χ2v) is 14.5. The van der Waals surface area contributed by atoms with E-state index in [9.17, 15) is 18.0 Å². The molecular formula is C28H51N5O4S. The van der Waals surface area contributed by atoms with Gasteiger partial charge in [0, 0.05) is 24.7 Å². The van der Waals surface area contributed by atoms with Crippen LogP contribution in [0.25, 0.3) is 0 Å². The fourth-order valence-corrected chi connectivity index (χ4v) is 8.52. The molecule has 4 N–H and O–H groups in total.